The molecule has 0 bridgehead atoms. The summed E-state index contributed by atoms with van der Waals surface area (Å²) < 4.78 is 20.9. The summed E-state index contributed by atoms with van der Waals surface area (Å²) in [5, 5.41) is 14.7. The Morgan fingerprint density at radius 3 is 2.07 bits per heavy atom. The average molecular weight is 617 g/mol. The number of aliphatic hydroxyl groups excluding tert-OH is 1. The van der Waals surface area contributed by atoms with Crippen molar-refractivity contribution in [1.29, 1.82) is 0 Å². The summed E-state index contributed by atoms with van der Waals surface area (Å²) in [6.07, 6.45) is -0.824. The first-order valence-corrected chi connectivity index (χ1v) is 14.3. The lowest BCUT2D eigenvalue weighted by Crippen LogP contribution is -2.51. The molecule has 2 amide bonds. The van der Waals surface area contributed by atoms with E-state index in [0.717, 1.165) is 16.2 Å². The quantitative estimate of drug-likeness (QED) is 0.145. The van der Waals surface area contributed by atoms with E-state index in [1.54, 1.807) is 37.4 Å². The van der Waals surface area contributed by atoms with Gasteiger partial charge in [0.2, 0.25) is 0 Å². The van der Waals surface area contributed by atoms with E-state index in [4.69, 9.17) is 23.5 Å². The van der Waals surface area contributed by atoms with Gasteiger partial charge in [-0.15, -0.1) is 0 Å². The third-order valence-corrected chi connectivity index (χ3v) is 6.96. The van der Waals surface area contributed by atoms with Gasteiger partial charge in [0.15, 0.2) is 0 Å². The summed E-state index contributed by atoms with van der Waals surface area (Å²) in [4.78, 5) is 46.0. The summed E-state index contributed by atoms with van der Waals surface area (Å²) in [6, 6.07) is 27.1. The van der Waals surface area contributed by atoms with Crippen LogP contribution < -0.4 is 10.1 Å². The van der Waals surface area contributed by atoms with Gasteiger partial charge < -0.3 is 29.1 Å². The molecule has 11 nitrogen and oxygen atoms in total. The third-order valence-electron chi connectivity index (χ3n) is 6.96. The molecule has 0 fully saturated rings. The summed E-state index contributed by atoms with van der Waals surface area (Å²) in [5.41, 5.74) is 2.23. The second-order valence-corrected chi connectivity index (χ2v) is 10.1. The summed E-state index contributed by atoms with van der Waals surface area (Å²) in [7, 11) is 2.73. The van der Waals surface area contributed by atoms with Crippen LogP contribution in [0, 0.1) is 5.92 Å². The minimum atomic E-state index is -1.45. The number of aliphatic hydroxyl groups is 1. The molecule has 0 aliphatic heterocycles. The van der Waals surface area contributed by atoms with Crippen LogP contribution in [0.4, 0.5) is 4.79 Å². The minimum absolute atomic E-state index is 0.00361. The number of methoxy groups -OCH3 is 2. The van der Waals surface area contributed by atoms with Crippen molar-refractivity contribution in [2.75, 3.05) is 20.8 Å². The van der Waals surface area contributed by atoms with Gasteiger partial charge in [0.05, 0.1) is 27.0 Å². The van der Waals surface area contributed by atoms with Crippen LogP contribution in [-0.4, -0.2) is 54.9 Å². The molecule has 1 heterocycles. The first-order chi connectivity index (χ1) is 21.9. The fourth-order valence-corrected chi connectivity index (χ4v) is 4.50. The number of carbonyl (C=O) groups excluding carboxylic acids is 3. The first kappa shape index (κ1) is 32.8. The van der Waals surface area contributed by atoms with Crippen LogP contribution in [0.1, 0.15) is 28.6 Å². The van der Waals surface area contributed by atoms with Crippen molar-refractivity contribution in [1.82, 2.24) is 10.4 Å². The smallest absolute Gasteiger partial charge is 0.408 e. The molecule has 2 N–H and O–H groups in total. The van der Waals surface area contributed by atoms with E-state index in [9.17, 15) is 19.5 Å². The fourth-order valence-electron chi connectivity index (χ4n) is 4.50. The number of hydrogen-bond acceptors (Lipinski definition) is 9. The highest BCUT2D eigenvalue weighted by Crippen LogP contribution is 2.26. The van der Waals surface area contributed by atoms with Crippen molar-refractivity contribution in [2.24, 2.45) is 5.92 Å². The zero-order valence-corrected chi connectivity index (χ0v) is 25.0. The van der Waals surface area contributed by atoms with Crippen LogP contribution in [0.2, 0.25) is 0 Å². The van der Waals surface area contributed by atoms with Gasteiger partial charge in [-0.2, -0.15) is 0 Å². The monoisotopic (exact) mass is 616 g/mol. The number of esters is 1. The number of carbonyl (C=O) groups is 3. The summed E-state index contributed by atoms with van der Waals surface area (Å²) in [5.74, 6) is -2.01. The number of benzene rings is 3. The predicted octanol–water partition coefficient (Wildman–Crippen LogP) is 4.61. The molecule has 1 aromatic heterocycles. The molecule has 4 aromatic rings. The molecule has 0 aliphatic rings. The zero-order valence-electron chi connectivity index (χ0n) is 25.0. The van der Waals surface area contributed by atoms with E-state index in [2.05, 4.69) is 5.32 Å². The Balaban J connectivity index is 1.60. The number of rotatable bonds is 15. The number of nitrogens with one attached hydrogen (secondary N) is 1. The zero-order chi connectivity index (χ0) is 32.0. The van der Waals surface area contributed by atoms with Crippen molar-refractivity contribution in [3.8, 4) is 5.75 Å². The summed E-state index contributed by atoms with van der Waals surface area (Å²) in [6.45, 7) is -0.497. The van der Waals surface area contributed by atoms with Crippen molar-refractivity contribution in [2.45, 2.75) is 31.8 Å². The molecule has 3 atom stereocenters. The molecular formula is C34H36N2O9. The van der Waals surface area contributed by atoms with Gasteiger partial charge in [0, 0.05) is 6.42 Å². The molecule has 3 aromatic carbocycles. The molecule has 4 rings (SSSR count). The Bertz CT molecular complexity index is 1480. The van der Waals surface area contributed by atoms with Gasteiger partial charge in [0.1, 0.15) is 42.8 Å². The van der Waals surface area contributed by atoms with Crippen LogP contribution in [0.3, 0.4) is 0 Å². The minimum Gasteiger partial charge on any atom is -0.497 e. The highest BCUT2D eigenvalue weighted by atomic mass is 16.7. The largest absolute Gasteiger partial charge is 0.497 e. The predicted molar refractivity (Wildman–Crippen MR) is 162 cm³/mol. The lowest BCUT2D eigenvalue weighted by atomic mass is 9.99. The molecule has 0 unspecified atom stereocenters. The Morgan fingerprint density at radius 1 is 0.822 bits per heavy atom. The maximum Gasteiger partial charge on any atom is 0.408 e. The number of furan rings is 1. The Kier molecular flexibility index (Phi) is 12.1. The van der Waals surface area contributed by atoms with Crippen LogP contribution in [-0.2, 0) is 43.5 Å². The number of amides is 2. The fraction of sp³-hybridized carbons (Fsp3) is 0.265. The lowest BCUT2D eigenvalue weighted by Gasteiger charge is -2.30. The summed E-state index contributed by atoms with van der Waals surface area (Å²) >= 11 is 0. The molecule has 0 aliphatic carbocycles. The maximum absolute atomic E-state index is 14.2. The normalized spacial score (nSPS) is 12.8. The van der Waals surface area contributed by atoms with Gasteiger partial charge in [-0.05, 0) is 41.0 Å². The molecule has 0 radical (unpaired) electrons. The topological polar surface area (TPSA) is 137 Å². The molecule has 0 spiro atoms. The maximum atomic E-state index is 14.2. The van der Waals surface area contributed by atoms with Gasteiger partial charge >= 0.3 is 12.1 Å². The lowest BCUT2D eigenvalue weighted by molar-refractivity contribution is -0.202. The van der Waals surface area contributed by atoms with Gasteiger partial charge in [0.25, 0.3) is 5.91 Å². The molecule has 0 saturated heterocycles. The highest BCUT2D eigenvalue weighted by Gasteiger charge is 2.37. The standard InChI is InChI=1S/C34H36N2O9/c1-41-27-17-15-26(16-18-27)23-45-36(21-28(33(39)42-2)31(37)30-14-9-19-43-30)32(38)29(20-24-10-5-3-6-11-24)35-34(40)44-22-25-12-7-4-8-13-25/h3-19,28-29,31,37H,20-23H2,1-2H3,(H,35,40)/t28-,29+,31-/m0/s1. The van der Waals surface area contributed by atoms with Crippen molar-refractivity contribution in [3.63, 3.8) is 0 Å². The number of nitrogens with zero attached hydrogens (tertiary/aromatic N) is 1. The second kappa shape index (κ2) is 16.6. The van der Waals surface area contributed by atoms with Crippen LogP contribution in [0.5, 0.6) is 5.75 Å². The molecular weight excluding hydrogens is 580 g/mol. The van der Waals surface area contributed by atoms with Crippen LogP contribution >= 0.6 is 0 Å². The average Bonchev–Trinajstić information content (AvgIpc) is 3.63. The van der Waals surface area contributed by atoms with E-state index in [1.165, 1.54) is 19.4 Å². The van der Waals surface area contributed by atoms with Crippen LogP contribution in [0.25, 0.3) is 0 Å². The molecule has 45 heavy (non-hydrogen) atoms. The van der Waals surface area contributed by atoms with Gasteiger partial charge in [-0.1, -0.05) is 72.8 Å². The highest BCUT2D eigenvalue weighted by molar-refractivity contribution is 5.86. The SMILES string of the molecule is COC(=O)[C@@H](CN(OCc1ccc(OC)cc1)C(=O)[C@@H](Cc1ccccc1)NC(=O)OCc1ccccc1)[C@H](O)c1ccco1. The van der Waals surface area contributed by atoms with E-state index >= 15 is 0 Å². The molecule has 236 valence electrons. The Hall–Kier alpha value is -5.13. The Labute approximate surface area is 261 Å². The number of ether oxygens (including phenoxy) is 3. The third kappa shape index (κ3) is 9.68. The molecule has 11 heteroatoms. The van der Waals surface area contributed by atoms with Crippen molar-refractivity contribution in [3.05, 3.63) is 126 Å². The number of hydrogen-bond donors (Lipinski definition) is 2. The van der Waals surface area contributed by atoms with Crippen molar-refractivity contribution >= 4 is 18.0 Å². The number of alkyl carbamates (subject to hydrolysis) is 1. The van der Waals surface area contributed by atoms with Crippen molar-refractivity contribution < 1.29 is 43.0 Å². The van der Waals surface area contributed by atoms with E-state index in [1.807, 2.05) is 60.7 Å². The van der Waals surface area contributed by atoms with E-state index in [0.29, 0.717) is 11.3 Å². The molecule has 0 saturated carbocycles. The number of hydroxylamine groups is 2. The van der Waals surface area contributed by atoms with Crippen LogP contribution in [0.15, 0.2) is 108 Å². The first-order valence-electron chi connectivity index (χ1n) is 14.3. The van der Waals surface area contributed by atoms with E-state index < -0.39 is 42.6 Å². The Morgan fingerprint density at radius 2 is 1.47 bits per heavy atom. The van der Waals surface area contributed by atoms with Gasteiger partial charge in [-0.25, -0.2) is 9.86 Å². The van der Waals surface area contributed by atoms with E-state index in [-0.39, 0.29) is 25.4 Å². The van der Waals surface area contributed by atoms with Gasteiger partial charge in [-0.3, -0.25) is 14.4 Å². The second-order valence-electron chi connectivity index (χ2n) is 10.1.